The van der Waals surface area contributed by atoms with Crippen LogP contribution in [0.5, 0.6) is 5.75 Å². The Morgan fingerprint density at radius 3 is 2.09 bits per heavy atom. The highest BCUT2D eigenvalue weighted by molar-refractivity contribution is 5.46. The van der Waals surface area contributed by atoms with Crippen molar-refractivity contribution in [2.24, 2.45) is 5.73 Å². The Labute approximate surface area is 138 Å². The van der Waals surface area contributed by atoms with E-state index in [0.717, 1.165) is 26.2 Å². The Morgan fingerprint density at radius 1 is 0.913 bits per heavy atom. The number of benzene rings is 2. The van der Waals surface area contributed by atoms with E-state index in [2.05, 4.69) is 47.1 Å². The standard InChI is InChI=1S/C19H25N3O/c1-15(20)19(16-7-9-18(23)10-8-16)22-13-11-21(12-14-22)17-5-3-2-4-6-17/h2-10,15,19,23H,11-14,20H2,1H3. The number of piperazine rings is 1. The van der Waals surface area contributed by atoms with Crippen LogP contribution in [0.15, 0.2) is 54.6 Å². The highest BCUT2D eigenvalue weighted by Crippen LogP contribution is 2.27. The first-order valence-electron chi connectivity index (χ1n) is 8.24. The van der Waals surface area contributed by atoms with Gasteiger partial charge in [-0.05, 0) is 36.8 Å². The molecule has 0 aromatic heterocycles. The van der Waals surface area contributed by atoms with Crippen molar-refractivity contribution in [3.63, 3.8) is 0 Å². The van der Waals surface area contributed by atoms with Crippen LogP contribution >= 0.6 is 0 Å². The Hall–Kier alpha value is -2.04. The minimum absolute atomic E-state index is 0.0443. The number of hydrogen-bond donors (Lipinski definition) is 2. The molecule has 3 rings (SSSR count). The van der Waals surface area contributed by atoms with Crippen LogP contribution in [-0.4, -0.2) is 42.2 Å². The highest BCUT2D eigenvalue weighted by atomic mass is 16.3. The number of nitrogens with two attached hydrogens (primary N) is 1. The second-order valence-electron chi connectivity index (χ2n) is 6.25. The van der Waals surface area contributed by atoms with E-state index in [4.69, 9.17) is 5.73 Å². The molecule has 1 aliphatic heterocycles. The van der Waals surface area contributed by atoms with E-state index in [9.17, 15) is 5.11 Å². The zero-order valence-corrected chi connectivity index (χ0v) is 13.6. The van der Waals surface area contributed by atoms with Gasteiger partial charge in [0, 0.05) is 44.0 Å². The minimum Gasteiger partial charge on any atom is -0.508 e. The van der Waals surface area contributed by atoms with Gasteiger partial charge in [0.2, 0.25) is 0 Å². The number of anilines is 1. The third-order valence-electron chi connectivity index (χ3n) is 4.56. The van der Waals surface area contributed by atoms with Gasteiger partial charge in [0.15, 0.2) is 0 Å². The molecule has 1 fully saturated rings. The average molecular weight is 311 g/mol. The molecule has 3 N–H and O–H groups in total. The average Bonchev–Trinajstić information content (AvgIpc) is 2.58. The van der Waals surface area contributed by atoms with Crippen molar-refractivity contribution in [2.75, 3.05) is 31.1 Å². The largest absolute Gasteiger partial charge is 0.508 e. The van der Waals surface area contributed by atoms with Crippen LogP contribution in [0.1, 0.15) is 18.5 Å². The Kier molecular flexibility index (Phi) is 4.84. The molecule has 2 aromatic carbocycles. The molecule has 0 radical (unpaired) electrons. The first-order chi connectivity index (χ1) is 11.1. The van der Waals surface area contributed by atoms with Gasteiger partial charge < -0.3 is 15.7 Å². The van der Waals surface area contributed by atoms with Crippen molar-refractivity contribution >= 4 is 5.69 Å². The lowest BCUT2D eigenvalue weighted by Crippen LogP contribution is -2.51. The maximum atomic E-state index is 9.50. The first kappa shape index (κ1) is 15.8. The number of phenolic OH excluding ortho intramolecular Hbond substituents is 1. The van der Waals surface area contributed by atoms with Crippen molar-refractivity contribution in [1.82, 2.24) is 4.90 Å². The smallest absolute Gasteiger partial charge is 0.115 e. The first-order valence-corrected chi connectivity index (χ1v) is 8.24. The van der Waals surface area contributed by atoms with Gasteiger partial charge in [-0.25, -0.2) is 0 Å². The molecule has 0 saturated carbocycles. The van der Waals surface area contributed by atoms with Crippen LogP contribution in [-0.2, 0) is 0 Å². The maximum Gasteiger partial charge on any atom is 0.115 e. The molecule has 1 saturated heterocycles. The van der Waals surface area contributed by atoms with Gasteiger partial charge in [0.1, 0.15) is 5.75 Å². The van der Waals surface area contributed by atoms with Gasteiger partial charge in [-0.15, -0.1) is 0 Å². The molecule has 1 aliphatic rings. The second-order valence-corrected chi connectivity index (χ2v) is 6.25. The normalized spacial score (nSPS) is 18.6. The lowest BCUT2D eigenvalue weighted by molar-refractivity contribution is 0.166. The van der Waals surface area contributed by atoms with Gasteiger partial charge in [-0.1, -0.05) is 30.3 Å². The van der Waals surface area contributed by atoms with Crippen LogP contribution in [0.25, 0.3) is 0 Å². The number of nitrogens with zero attached hydrogens (tertiary/aromatic N) is 2. The van der Waals surface area contributed by atoms with E-state index >= 15 is 0 Å². The summed E-state index contributed by atoms with van der Waals surface area (Å²) in [7, 11) is 0. The molecule has 2 unspecified atom stereocenters. The minimum atomic E-state index is 0.0443. The zero-order valence-electron chi connectivity index (χ0n) is 13.6. The van der Waals surface area contributed by atoms with Crippen LogP contribution in [0.4, 0.5) is 5.69 Å². The molecular formula is C19H25N3O. The molecular weight excluding hydrogens is 286 g/mol. The van der Waals surface area contributed by atoms with Crippen molar-refractivity contribution in [3.8, 4) is 5.75 Å². The third-order valence-corrected chi connectivity index (χ3v) is 4.56. The quantitative estimate of drug-likeness (QED) is 0.911. The fourth-order valence-corrected chi connectivity index (χ4v) is 3.42. The summed E-state index contributed by atoms with van der Waals surface area (Å²) in [6.45, 7) is 6.04. The maximum absolute atomic E-state index is 9.50. The molecule has 0 amide bonds. The molecule has 0 aliphatic carbocycles. The molecule has 4 nitrogen and oxygen atoms in total. The van der Waals surface area contributed by atoms with Gasteiger partial charge >= 0.3 is 0 Å². The van der Waals surface area contributed by atoms with Gasteiger partial charge in [-0.3, -0.25) is 4.90 Å². The highest BCUT2D eigenvalue weighted by Gasteiger charge is 2.27. The number of phenols is 1. The number of aromatic hydroxyl groups is 1. The van der Waals surface area contributed by atoms with Crippen molar-refractivity contribution in [1.29, 1.82) is 0 Å². The topological polar surface area (TPSA) is 52.7 Å². The van der Waals surface area contributed by atoms with Crippen LogP contribution in [0, 0.1) is 0 Å². The Bertz CT molecular complexity index is 604. The van der Waals surface area contributed by atoms with Gasteiger partial charge in [-0.2, -0.15) is 0 Å². The molecule has 4 heteroatoms. The van der Waals surface area contributed by atoms with Crippen LogP contribution in [0.3, 0.4) is 0 Å². The monoisotopic (exact) mass is 311 g/mol. The molecule has 23 heavy (non-hydrogen) atoms. The van der Waals surface area contributed by atoms with Crippen molar-refractivity contribution < 1.29 is 5.11 Å². The summed E-state index contributed by atoms with van der Waals surface area (Å²) in [6.07, 6.45) is 0. The second kappa shape index (κ2) is 7.02. The van der Waals surface area contributed by atoms with Crippen molar-refractivity contribution in [3.05, 3.63) is 60.2 Å². The molecule has 1 heterocycles. The lowest BCUT2D eigenvalue weighted by atomic mass is 9.98. The van der Waals surface area contributed by atoms with Crippen molar-refractivity contribution in [2.45, 2.75) is 19.0 Å². The number of hydrogen-bond acceptors (Lipinski definition) is 4. The SMILES string of the molecule is CC(N)C(c1ccc(O)cc1)N1CCN(c2ccccc2)CC1. The lowest BCUT2D eigenvalue weighted by Gasteiger charge is -2.41. The fourth-order valence-electron chi connectivity index (χ4n) is 3.42. The summed E-state index contributed by atoms with van der Waals surface area (Å²) in [5.74, 6) is 0.297. The summed E-state index contributed by atoms with van der Waals surface area (Å²) in [6, 6.07) is 18.2. The molecule has 0 spiro atoms. The third kappa shape index (κ3) is 3.66. The van der Waals surface area contributed by atoms with E-state index in [0.29, 0.717) is 5.75 Å². The summed E-state index contributed by atoms with van der Waals surface area (Å²) in [4.78, 5) is 4.88. The number of rotatable bonds is 4. The summed E-state index contributed by atoms with van der Waals surface area (Å²) >= 11 is 0. The Balaban J connectivity index is 1.70. The van der Waals surface area contributed by atoms with E-state index in [1.807, 2.05) is 12.1 Å². The predicted octanol–water partition coefficient (Wildman–Crippen LogP) is 2.60. The molecule has 2 atom stereocenters. The molecule has 122 valence electrons. The Morgan fingerprint density at radius 2 is 1.52 bits per heavy atom. The van der Waals surface area contributed by atoms with Crippen LogP contribution in [0.2, 0.25) is 0 Å². The summed E-state index contributed by atoms with van der Waals surface area (Å²) in [5, 5.41) is 9.50. The molecule has 2 aromatic rings. The van der Waals surface area contributed by atoms with Gasteiger partial charge in [0.25, 0.3) is 0 Å². The van der Waals surface area contributed by atoms with E-state index in [-0.39, 0.29) is 12.1 Å². The molecule has 0 bridgehead atoms. The van der Waals surface area contributed by atoms with E-state index < -0.39 is 0 Å². The predicted molar refractivity (Wildman–Crippen MR) is 94.7 cm³/mol. The van der Waals surface area contributed by atoms with E-state index in [1.165, 1.54) is 11.3 Å². The number of para-hydroxylation sites is 1. The zero-order chi connectivity index (χ0) is 16.2. The fraction of sp³-hybridized carbons (Fsp3) is 0.368. The summed E-state index contributed by atoms with van der Waals surface area (Å²) in [5.41, 5.74) is 8.72. The van der Waals surface area contributed by atoms with Crippen LogP contribution < -0.4 is 10.6 Å². The van der Waals surface area contributed by atoms with E-state index in [1.54, 1.807) is 12.1 Å². The summed E-state index contributed by atoms with van der Waals surface area (Å²) < 4.78 is 0. The van der Waals surface area contributed by atoms with Gasteiger partial charge in [0.05, 0.1) is 0 Å².